The Morgan fingerprint density at radius 3 is 2.75 bits per heavy atom. The second-order valence-corrected chi connectivity index (χ2v) is 5.54. The van der Waals surface area contributed by atoms with Crippen LogP contribution in [0.5, 0.6) is 5.75 Å². The van der Waals surface area contributed by atoms with Gasteiger partial charge in [0.05, 0.1) is 25.4 Å². The maximum Gasteiger partial charge on any atom is 0.141 e. The highest BCUT2D eigenvalue weighted by atomic mass is 79.9. The van der Waals surface area contributed by atoms with Crippen LogP contribution < -0.4 is 10.1 Å². The molecule has 106 valence electrons. The summed E-state index contributed by atoms with van der Waals surface area (Å²) in [5.74, 6) is 0.726. The summed E-state index contributed by atoms with van der Waals surface area (Å²) in [6.45, 7) is -0.0585. The van der Waals surface area contributed by atoms with Crippen LogP contribution in [0.15, 0.2) is 46.9 Å². The summed E-state index contributed by atoms with van der Waals surface area (Å²) in [6.07, 6.45) is 0. The van der Waals surface area contributed by atoms with E-state index < -0.39 is 0 Å². The number of methoxy groups -OCH3 is 1. The fraction of sp³-hybridized carbons (Fsp3) is 0.200. The normalized spacial score (nSPS) is 12.0. The maximum absolute atomic E-state index is 9.65. The van der Waals surface area contributed by atoms with Crippen molar-refractivity contribution in [2.75, 3.05) is 19.0 Å². The molecule has 5 heteroatoms. The number of para-hydroxylation sites is 2. The van der Waals surface area contributed by atoms with E-state index in [0.717, 1.165) is 21.5 Å². The molecule has 0 amide bonds. The van der Waals surface area contributed by atoms with Crippen molar-refractivity contribution < 1.29 is 9.84 Å². The third kappa shape index (κ3) is 3.45. The Hall–Kier alpha value is -1.23. The van der Waals surface area contributed by atoms with Crippen molar-refractivity contribution in [1.29, 1.82) is 0 Å². The number of aliphatic hydroxyl groups is 1. The zero-order chi connectivity index (χ0) is 14.5. The first-order valence-corrected chi connectivity index (χ1v) is 7.28. The van der Waals surface area contributed by atoms with E-state index in [4.69, 9.17) is 16.3 Å². The van der Waals surface area contributed by atoms with Gasteiger partial charge in [0.1, 0.15) is 5.75 Å². The molecule has 0 saturated carbocycles. The molecule has 0 radical (unpaired) electrons. The minimum atomic E-state index is -0.278. The third-order valence-corrected chi connectivity index (χ3v) is 3.91. The van der Waals surface area contributed by atoms with Gasteiger partial charge in [-0.2, -0.15) is 0 Å². The van der Waals surface area contributed by atoms with Crippen molar-refractivity contribution >= 4 is 33.2 Å². The van der Waals surface area contributed by atoms with Gasteiger partial charge in [0.2, 0.25) is 0 Å². The molecule has 0 aliphatic heterocycles. The molecule has 1 atom stereocenters. The Balaban J connectivity index is 2.31. The van der Waals surface area contributed by atoms with Gasteiger partial charge in [-0.15, -0.1) is 0 Å². The van der Waals surface area contributed by atoms with E-state index in [2.05, 4.69) is 21.2 Å². The predicted octanol–water partition coefficient (Wildman–Crippen LogP) is 4.26. The molecule has 0 spiro atoms. The lowest BCUT2D eigenvalue weighted by Gasteiger charge is -2.21. The van der Waals surface area contributed by atoms with Crippen LogP contribution in [0.3, 0.4) is 0 Å². The van der Waals surface area contributed by atoms with Gasteiger partial charge in [0.15, 0.2) is 0 Å². The molecule has 2 N–H and O–H groups in total. The molecule has 0 bridgehead atoms. The SMILES string of the molecule is COc1ccccc1NC(CO)c1cc(Cl)ccc1Br. The molecule has 3 nitrogen and oxygen atoms in total. The summed E-state index contributed by atoms with van der Waals surface area (Å²) in [7, 11) is 1.61. The summed E-state index contributed by atoms with van der Waals surface area (Å²) in [6, 6.07) is 12.8. The lowest BCUT2D eigenvalue weighted by molar-refractivity contribution is 0.275. The van der Waals surface area contributed by atoms with Crippen molar-refractivity contribution in [3.05, 3.63) is 57.5 Å². The number of ether oxygens (including phenoxy) is 1. The Bertz CT molecular complexity index is 592. The minimum Gasteiger partial charge on any atom is -0.495 e. The predicted molar refractivity (Wildman–Crippen MR) is 85.6 cm³/mol. The minimum absolute atomic E-state index is 0.0585. The first-order valence-electron chi connectivity index (χ1n) is 6.11. The molecule has 0 saturated heterocycles. The lowest BCUT2D eigenvalue weighted by atomic mass is 10.1. The van der Waals surface area contributed by atoms with E-state index in [1.807, 2.05) is 36.4 Å². The highest BCUT2D eigenvalue weighted by Crippen LogP contribution is 2.32. The number of rotatable bonds is 5. The Labute approximate surface area is 131 Å². The molecule has 0 fully saturated rings. The molecule has 0 aliphatic carbocycles. The number of nitrogens with one attached hydrogen (secondary N) is 1. The number of hydrogen-bond donors (Lipinski definition) is 2. The van der Waals surface area contributed by atoms with Gasteiger partial charge in [-0.1, -0.05) is 39.7 Å². The van der Waals surface area contributed by atoms with Crippen molar-refractivity contribution in [1.82, 2.24) is 0 Å². The van der Waals surface area contributed by atoms with E-state index in [1.54, 1.807) is 13.2 Å². The van der Waals surface area contributed by atoms with Gasteiger partial charge in [-0.05, 0) is 35.9 Å². The van der Waals surface area contributed by atoms with Gasteiger partial charge >= 0.3 is 0 Å². The number of halogens is 2. The number of aliphatic hydroxyl groups excluding tert-OH is 1. The van der Waals surface area contributed by atoms with Gasteiger partial charge in [0.25, 0.3) is 0 Å². The highest BCUT2D eigenvalue weighted by Gasteiger charge is 2.15. The van der Waals surface area contributed by atoms with Crippen LogP contribution in [-0.2, 0) is 0 Å². The third-order valence-electron chi connectivity index (χ3n) is 2.95. The fourth-order valence-corrected chi connectivity index (χ4v) is 2.66. The van der Waals surface area contributed by atoms with Crippen LogP contribution in [0.2, 0.25) is 5.02 Å². The van der Waals surface area contributed by atoms with Gasteiger partial charge in [-0.3, -0.25) is 0 Å². The number of benzene rings is 2. The molecule has 2 rings (SSSR count). The monoisotopic (exact) mass is 355 g/mol. The first-order chi connectivity index (χ1) is 9.65. The quantitative estimate of drug-likeness (QED) is 0.841. The standard InChI is InChI=1S/C15H15BrClNO2/c1-20-15-5-3-2-4-13(15)18-14(9-19)11-8-10(17)6-7-12(11)16/h2-8,14,18-19H,9H2,1H3. The summed E-state index contributed by atoms with van der Waals surface area (Å²) in [5, 5.41) is 13.5. The molecule has 2 aromatic carbocycles. The molecule has 1 unspecified atom stereocenters. The average molecular weight is 357 g/mol. The molecular weight excluding hydrogens is 342 g/mol. The zero-order valence-electron chi connectivity index (χ0n) is 10.9. The van der Waals surface area contributed by atoms with Gasteiger partial charge < -0.3 is 15.2 Å². The van der Waals surface area contributed by atoms with Crippen LogP contribution in [0.4, 0.5) is 5.69 Å². The largest absolute Gasteiger partial charge is 0.495 e. The lowest BCUT2D eigenvalue weighted by Crippen LogP contribution is -2.16. The molecule has 2 aromatic rings. The van der Waals surface area contributed by atoms with Crippen LogP contribution in [0.25, 0.3) is 0 Å². The summed E-state index contributed by atoms with van der Waals surface area (Å²) in [5.41, 5.74) is 1.71. The fourth-order valence-electron chi connectivity index (χ4n) is 1.95. The molecule has 0 aliphatic rings. The zero-order valence-corrected chi connectivity index (χ0v) is 13.3. The number of hydrogen-bond acceptors (Lipinski definition) is 3. The molecule has 0 heterocycles. The average Bonchev–Trinajstić information content (AvgIpc) is 2.48. The highest BCUT2D eigenvalue weighted by molar-refractivity contribution is 9.10. The molecular formula is C15H15BrClNO2. The van der Waals surface area contributed by atoms with Crippen molar-refractivity contribution in [3.63, 3.8) is 0 Å². The second-order valence-electron chi connectivity index (χ2n) is 4.25. The molecule has 0 aromatic heterocycles. The van der Waals surface area contributed by atoms with E-state index in [-0.39, 0.29) is 12.6 Å². The summed E-state index contributed by atoms with van der Waals surface area (Å²) < 4.78 is 6.19. The molecule has 20 heavy (non-hydrogen) atoms. The number of anilines is 1. The van der Waals surface area contributed by atoms with Crippen LogP contribution >= 0.6 is 27.5 Å². The smallest absolute Gasteiger partial charge is 0.141 e. The van der Waals surface area contributed by atoms with Crippen LogP contribution in [-0.4, -0.2) is 18.8 Å². The van der Waals surface area contributed by atoms with Crippen LogP contribution in [0.1, 0.15) is 11.6 Å². The van der Waals surface area contributed by atoms with E-state index >= 15 is 0 Å². The Kier molecular flexibility index (Phi) is 5.29. The van der Waals surface area contributed by atoms with Gasteiger partial charge in [-0.25, -0.2) is 0 Å². The maximum atomic E-state index is 9.65. The van der Waals surface area contributed by atoms with Gasteiger partial charge in [0, 0.05) is 9.50 Å². The van der Waals surface area contributed by atoms with Crippen LogP contribution in [0, 0.1) is 0 Å². The Morgan fingerprint density at radius 2 is 2.05 bits per heavy atom. The first kappa shape index (κ1) is 15.2. The summed E-state index contributed by atoms with van der Waals surface area (Å²) >= 11 is 9.50. The van der Waals surface area contributed by atoms with Crippen molar-refractivity contribution in [2.45, 2.75) is 6.04 Å². The van der Waals surface area contributed by atoms with Crippen molar-refractivity contribution in [2.24, 2.45) is 0 Å². The summed E-state index contributed by atoms with van der Waals surface area (Å²) in [4.78, 5) is 0. The van der Waals surface area contributed by atoms with Crippen molar-refractivity contribution in [3.8, 4) is 5.75 Å². The second kappa shape index (κ2) is 6.97. The Morgan fingerprint density at radius 1 is 1.30 bits per heavy atom. The topological polar surface area (TPSA) is 41.5 Å². The van der Waals surface area contributed by atoms with E-state index in [1.165, 1.54) is 0 Å². The van der Waals surface area contributed by atoms with E-state index in [9.17, 15) is 5.11 Å². The van der Waals surface area contributed by atoms with E-state index in [0.29, 0.717) is 5.02 Å².